The molecule has 1 saturated carbocycles. The van der Waals surface area contributed by atoms with Crippen LogP contribution in [-0.2, 0) is 0 Å². The fraction of sp³-hybridized carbons (Fsp3) is 0.692. The molecule has 3 nitrogen and oxygen atoms in total. The predicted octanol–water partition coefficient (Wildman–Crippen LogP) is 3.31. The van der Waals surface area contributed by atoms with Gasteiger partial charge in [0.25, 0.3) is 0 Å². The van der Waals surface area contributed by atoms with Crippen LogP contribution in [0.1, 0.15) is 44.4 Å². The summed E-state index contributed by atoms with van der Waals surface area (Å²) >= 11 is 3.54. The van der Waals surface area contributed by atoms with Crippen LogP contribution in [0.5, 0.6) is 0 Å². The molecule has 1 atom stereocenters. The first kappa shape index (κ1) is 13.1. The zero-order valence-corrected chi connectivity index (χ0v) is 11.9. The van der Waals surface area contributed by atoms with Gasteiger partial charge < -0.3 is 10.2 Å². The molecule has 1 aromatic heterocycles. The second kappa shape index (κ2) is 6.03. The molecule has 1 fully saturated rings. The van der Waals surface area contributed by atoms with Crippen LogP contribution in [0.4, 0.5) is 0 Å². The minimum absolute atomic E-state index is 0.201. The topological polar surface area (TPSA) is 42.4 Å². The molecule has 0 radical (unpaired) electrons. The van der Waals surface area contributed by atoms with E-state index >= 15 is 0 Å². The van der Waals surface area contributed by atoms with Crippen LogP contribution < -0.4 is 5.73 Å². The van der Waals surface area contributed by atoms with E-state index in [1.807, 2.05) is 6.07 Å². The lowest BCUT2D eigenvalue weighted by Crippen LogP contribution is -2.40. The number of likely N-dealkylation sites (N-methyl/N-ethyl adjacent to an activating group) is 1. The van der Waals surface area contributed by atoms with Gasteiger partial charge in [-0.15, -0.1) is 0 Å². The zero-order chi connectivity index (χ0) is 12.3. The van der Waals surface area contributed by atoms with Gasteiger partial charge in [-0.3, -0.25) is 4.90 Å². The summed E-state index contributed by atoms with van der Waals surface area (Å²) in [6.07, 6.45) is 7.01. The molecule has 0 amide bonds. The van der Waals surface area contributed by atoms with Crippen molar-refractivity contribution in [2.75, 3.05) is 13.1 Å². The molecule has 2 N–H and O–H groups in total. The average Bonchev–Trinajstić information content (AvgIpc) is 2.97. The van der Waals surface area contributed by atoms with Gasteiger partial charge in [-0.25, -0.2) is 0 Å². The quantitative estimate of drug-likeness (QED) is 0.907. The summed E-state index contributed by atoms with van der Waals surface area (Å²) in [5, 5.41) is 0. The third-order valence-electron chi connectivity index (χ3n) is 3.73. The number of nitrogens with zero attached hydrogens (tertiary/aromatic N) is 1. The molecule has 0 bridgehead atoms. The Bertz CT molecular complexity index is 347. The van der Waals surface area contributed by atoms with Crippen molar-refractivity contribution in [3.8, 4) is 0 Å². The fourth-order valence-corrected chi connectivity index (χ4v) is 3.37. The fourth-order valence-electron chi connectivity index (χ4n) is 2.91. The van der Waals surface area contributed by atoms with E-state index in [1.54, 1.807) is 6.26 Å². The molecule has 1 aromatic rings. The molecule has 4 heteroatoms. The van der Waals surface area contributed by atoms with E-state index in [9.17, 15) is 0 Å². The van der Waals surface area contributed by atoms with Gasteiger partial charge in [0, 0.05) is 12.6 Å². The molecule has 0 aliphatic heterocycles. The Morgan fingerprint density at radius 3 is 2.71 bits per heavy atom. The Morgan fingerprint density at radius 2 is 2.24 bits per heavy atom. The van der Waals surface area contributed by atoms with Crippen LogP contribution >= 0.6 is 15.9 Å². The summed E-state index contributed by atoms with van der Waals surface area (Å²) in [6, 6.07) is 2.82. The zero-order valence-electron chi connectivity index (χ0n) is 10.4. The van der Waals surface area contributed by atoms with E-state index in [0.717, 1.165) is 16.8 Å². The van der Waals surface area contributed by atoms with E-state index in [0.29, 0.717) is 12.6 Å². The highest BCUT2D eigenvalue weighted by Crippen LogP contribution is 2.33. The maximum absolute atomic E-state index is 5.95. The maximum atomic E-state index is 5.95. The highest BCUT2D eigenvalue weighted by atomic mass is 79.9. The highest BCUT2D eigenvalue weighted by molar-refractivity contribution is 9.10. The van der Waals surface area contributed by atoms with Gasteiger partial charge in [-0.2, -0.15) is 0 Å². The Morgan fingerprint density at radius 1 is 1.53 bits per heavy atom. The molecule has 2 rings (SSSR count). The number of hydrogen-bond donors (Lipinski definition) is 1. The number of nitrogens with two attached hydrogens (primary N) is 1. The maximum Gasteiger partial charge on any atom is 0.136 e. The van der Waals surface area contributed by atoms with Gasteiger partial charge in [0.15, 0.2) is 0 Å². The number of hydrogen-bond acceptors (Lipinski definition) is 3. The first-order valence-electron chi connectivity index (χ1n) is 6.46. The standard InChI is InChI=1S/C13H21BrN2O/c1-2-16(10-5-3-4-6-10)12(9-15)13-11(14)7-8-17-13/h7-8,10,12H,2-6,9,15H2,1H3. The van der Waals surface area contributed by atoms with Crippen molar-refractivity contribution in [3.05, 3.63) is 22.6 Å². The van der Waals surface area contributed by atoms with Gasteiger partial charge in [0.05, 0.1) is 16.8 Å². The van der Waals surface area contributed by atoms with E-state index in [4.69, 9.17) is 10.2 Å². The Balaban J connectivity index is 2.18. The molecule has 1 aliphatic rings. The van der Waals surface area contributed by atoms with Crippen LogP contribution in [-0.4, -0.2) is 24.0 Å². The smallest absolute Gasteiger partial charge is 0.136 e. The third-order valence-corrected chi connectivity index (χ3v) is 4.38. The summed E-state index contributed by atoms with van der Waals surface area (Å²) in [6.45, 7) is 3.84. The molecule has 17 heavy (non-hydrogen) atoms. The van der Waals surface area contributed by atoms with Crippen LogP contribution in [0, 0.1) is 0 Å². The summed E-state index contributed by atoms with van der Waals surface area (Å²) in [4.78, 5) is 2.50. The average molecular weight is 301 g/mol. The lowest BCUT2D eigenvalue weighted by molar-refractivity contribution is 0.130. The third kappa shape index (κ3) is 2.75. The summed E-state index contributed by atoms with van der Waals surface area (Å²) < 4.78 is 6.62. The molecule has 96 valence electrons. The second-order valence-corrected chi connectivity index (χ2v) is 5.51. The summed E-state index contributed by atoms with van der Waals surface area (Å²) in [5.74, 6) is 0.973. The monoisotopic (exact) mass is 300 g/mol. The van der Waals surface area contributed by atoms with Gasteiger partial charge in [-0.1, -0.05) is 19.8 Å². The van der Waals surface area contributed by atoms with Crippen LogP contribution in [0.3, 0.4) is 0 Å². The van der Waals surface area contributed by atoms with E-state index in [2.05, 4.69) is 27.8 Å². The van der Waals surface area contributed by atoms with Gasteiger partial charge in [0.2, 0.25) is 0 Å². The van der Waals surface area contributed by atoms with Crippen LogP contribution in [0.25, 0.3) is 0 Å². The molecule has 0 aromatic carbocycles. The Kier molecular flexibility index (Phi) is 4.65. The number of halogens is 1. The van der Waals surface area contributed by atoms with Crippen molar-refractivity contribution >= 4 is 15.9 Å². The second-order valence-electron chi connectivity index (χ2n) is 4.65. The largest absolute Gasteiger partial charge is 0.466 e. The minimum atomic E-state index is 0.201. The molecular formula is C13H21BrN2O. The Hall–Kier alpha value is -0.320. The summed E-state index contributed by atoms with van der Waals surface area (Å²) in [5.41, 5.74) is 5.95. The van der Waals surface area contributed by atoms with Gasteiger partial charge >= 0.3 is 0 Å². The van der Waals surface area contributed by atoms with Crippen molar-refractivity contribution in [3.63, 3.8) is 0 Å². The SMILES string of the molecule is CCN(C1CCCC1)C(CN)c1occc1Br. The van der Waals surface area contributed by atoms with Gasteiger partial charge in [-0.05, 0) is 41.4 Å². The molecule has 0 spiro atoms. The minimum Gasteiger partial charge on any atom is -0.466 e. The lowest BCUT2D eigenvalue weighted by atomic mass is 10.1. The normalized spacial score (nSPS) is 19.1. The molecule has 1 heterocycles. The van der Waals surface area contributed by atoms with E-state index in [-0.39, 0.29) is 6.04 Å². The molecule has 1 unspecified atom stereocenters. The molecular weight excluding hydrogens is 280 g/mol. The van der Waals surface area contributed by atoms with Crippen molar-refractivity contribution in [1.29, 1.82) is 0 Å². The lowest BCUT2D eigenvalue weighted by Gasteiger charge is -2.34. The van der Waals surface area contributed by atoms with Crippen LogP contribution in [0.15, 0.2) is 21.2 Å². The van der Waals surface area contributed by atoms with Gasteiger partial charge in [0.1, 0.15) is 5.76 Å². The predicted molar refractivity (Wildman–Crippen MR) is 72.8 cm³/mol. The van der Waals surface area contributed by atoms with Crippen LogP contribution in [0.2, 0.25) is 0 Å². The van der Waals surface area contributed by atoms with Crippen molar-refractivity contribution < 1.29 is 4.42 Å². The summed E-state index contributed by atoms with van der Waals surface area (Å²) in [7, 11) is 0. The first-order chi connectivity index (χ1) is 8.27. The van der Waals surface area contributed by atoms with E-state index in [1.165, 1.54) is 25.7 Å². The Labute approximate surface area is 111 Å². The van der Waals surface area contributed by atoms with Crippen molar-refractivity contribution in [2.45, 2.75) is 44.7 Å². The van der Waals surface area contributed by atoms with Crippen molar-refractivity contribution in [2.24, 2.45) is 5.73 Å². The molecule has 0 saturated heterocycles. The number of furan rings is 1. The van der Waals surface area contributed by atoms with Crippen molar-refractivity contribution in [1.82, 2.24) is 4.90 Å². The number of rotatable bonds is 5. The highest BCUT2D eigenvalue weighted by Gasteiger charge is 2.30. The molecule has 1 aliphatic carbocycles. The first-order valence-corrected chi connectivity index (χ1v) is 7.26. The van der Waals surface area contributed by atoms with E-state index < -0.39 is 0 Å².